The molecule has 6 heteroatoms. The Balaban J connectivity index is 0.00000196. The maximum absolute atomic E-state index is 13.0. The molecule has 4 rings (SSSR count). The van der Waals surface area contributed by atoms with Gasteiger partial charge < -0.3 is 10.2 Å². The minimum absolute atomic E-state index is 0. The molecule has 3 heterocycles. The van der Waals surface area contributed by atoms with Crippen LogP contribution in [0.1, 0.15) is 40.9 Å². The van der Waals surface area contributed by atoms with Crippen LogP contribution >= 0.6 is 35.3 Å². The zero-order chi connectivity index (χ0) is 17.6. The van der Waals surface area contributed by atoms with Crippen molar-refractivity contribution in [3.05, 3.63) is 45.8 Å². The zero-order valence-corrected chi connectivity index (χ0v) is 17.4. The van der Waals surface area contributed by atoms with Crippen LogP contribution in [0.3, 0.4) is 0 Å². The molecule has 2 saturated heterocycles. The van der Waals surface area contributed by atoms with Gasteiger partial charge >= 0.3 is 0 Å². The predicted molar refractivity (Wildman–Crippen MR) is 112 cm³/mol. The molecule has 2 aliphatic heterocycles. The van der Waals surface area contributed by atoms with Crippen LogP contribution in [0.2, 0.25) is 5.02 Å². The van der Waals surface area contributed by atoms with E-state index in [4.69, 9.17) is 11.6 Å². The van der Waals surface area contributed by atoms with Crippen molar-refractivity contribution < 1.29 is 4.79 Å². The lowest BCUT2D eigenvalue weighted by Gasteiger charge is -2.35. The van der Waals surface area contributed by atoms with Gasteiger partial charge in [0.2, 0.25) is 0 Å². The fourth-order valence-electron chi connectivity index (χ4n) is 4.19. The first-order valence-corrected chi connectivity index (χ1v) is 10.1. The Hall–Kier alpha value is -1.07. The monoisotopic (exact) mass is 410 g/mol. The Morgan fingerprint density at radius 3 is 2.58 bits per heavy atom. The number of aryl methyl sites for hydroxylation is 1. The van der Waals surface area contributed by atoms with Crippen LogP contribution in [-0.4, -0.2) is 36.0 Å². The van der Waals surface area contributed by atoms with Gasteiger partial charge in [-0.2, -0.15) is 0 Å². The minimum Gasteiger partial charge on any atom is -0.338 e. The Labute approximate surface area is 170 Å². The van der Waals surface area contributed by atoms with E-state index in [1.807, 2.05) is 42.3 Å². The summed E-state index contributed by atoms with van der Waals surface area (Å²) in [6.45, 7) is 2.06. The quantitative estimate of drug-likeness (QED) is 0.757. The average molecular weight is 411 g/mol. The molecular weight excluding hydrogens is 387 g/mol. The molecule has 0 aliphatic carbocycles. The molecule has 1 N–H and O–H groups in total. The summed E-state index contributed by atoms with van der Waals surface area (Å²) in [6.07, 6.45) is 4.65. The van der Waals surface area contributed by atoms with Gasteiger partial charge in [-0.15, -0.1) is 23.7 Å². The van der Waals surface area contributed by atoms with E-state index in [2.05, 4.69) is 12.2 Å². The zero-order valence-electron chi connectivity index (χ0n) is 15.0. The van der Waals surface area contributed by atoms with Crippen LogP contribution in [-0.2, 0) is 0 Å². The fraction of sp³-hybridized carbons (Fsp3) is 0.450. The van der Waals surface area contributed by atoms with E-state index in [0.29, 0.717) is 18.1 Å². The summed E-state index contributed by atoms with van der Waals surface area (Å²) in [4.78, 5) is 17.0. The number of thiophene rings is 1. The number of rotatable bonds is 3. The van der Waals surface area contributed by atoms with Crippen molar-refractivity contribution in [1.29, 1.82) is 0 Å². The third-order valence-corrected chi connectivity index (χ3v) is 7.04. The predicted octanol–water partition coefficient (Wildman–Crippen LogP) is 5.15. The Kier molecular flexibility index (Phi) is 5.97. The van der Waals surface area contributed by atoms with Gasteiger partial charge in [-0.1, -0.05) is 23.7 Å². The van der Waals surface area contributed by atoms with Crippen LogP contribution in [0, 0.1) is 6.92 Å². The SMILES string of the molecule is Cc1cc(C(=O)N(C)C2CC3CCC(C2)N3)sc1-c1cccc(Cl)c1.Cl. The molecule has 1 aromatic heterocycles. The molecule has 2 bridgehead atoms. The summed E-state index contributed by atoms with van der Waals surface area (Å²) < 4.78 is 0. The molecule has 0 radical (unpaired) electrons. The molecule has 1 amide bonds. The van der Waals surface area contributed by atoms with Crippen molar-refractivity contribution >= 4 is 41.3 Å². The molecule has 1 aromatic carbocycles. The lowest BCUT2D eigenvalue weighted by atomic mass is 9.98. The van der Waals surface area contributed by atoms with Crippen LogP contribution in [0.25, 0.3) is 10.4 Å². The molecule has 2 fully saturated rings. The Morgan fingerprint density at radius 2 is 1.92 bits per heavy atom. The Bertz CT molecular complexity index is 795. The second-order valence-corrected chi connectivity index (χ2v) is 8.80. The van der Waals surface area contributed by atoms with Crippen molar-refractivity contribution in [2.45, 2.75) is 50.7 Å². The van der Waals surface area contributed by atoms with Gasteiger partial charge in [0.1, 0.15) is 0 Å². The highest BCUT2D eigenvalue weighted by Gasteiger charge is 2.36. The lowest BCUT2D eigenvalue weighted by Crippen LogP contribution is -2.48. The fourth-order valence-corrected chi connectivity index (χ4v) is 5.53. The standard InChI is InChI=1S/C20H23ClN2OS.ClH/c1-12-8-18(25-19(12)13-4-3-5-14(21)9-13)20(24)23(2)17-10-15-6-7-16(11-17)22-15;/h3-5,8-9,15-17,22H,6-7,10-11H2,1-2H3;1H. The van der Waals surface area contributed by atoms with Crippen LogP contribution in [0.5, 0.6) is 0 Å². The summed E-state index contributed by atoms with van der Waals surface area (Å²) in [7, 11) is 1.96. The smallest absolute Gasteiger partial charge is 0.263 e. The number of carbonyl (C=O) groups excluding carboxylic acids is 1. The molecule has 2 aliphatic rings. The van der Waals surface area contributed by atoms with E-state index < -0.39 is 0 Å². The largest absolute Gasteiger partial charge is 0.338 e. The highest BCUT2D eigenvalue weighted by Crippen LogP contribution is 2.35. The van der Waals surface area contributed by atoms with E-state index in [9.17, 15) is 4.79 Å². The summed E-state index contributed by atoms with van der Waals surface area (Å²) >= 11 is 7.70. The van der Waals surface area contributed by atoms with Crippen molar-refractivity contribution in [3.8, 4) is 10.4 Å². The van der Waals surface area contributed by atoms with Crippen molar-refractivity contribution in [1.82, 2.24) is 10.2 Å². The first-order valence-electron chi connectivity index (χ1n) is 8.91. The molecule has 2 unspecified atom stereocenters. The van der Waals surface area contributed by atoms with E-state index >= 15 is 0 Å². The van der Waals surface area contributed by atoms with Gasteiger partial charge in [0.25, 0.3) is 5.91 Å². The van der Waals surface area contributed by atoms with Crippen molar-refractivity contribution in [3.63, 3.8) is 0 Å². The normalized spacial score (nSPS) is 24.2. The maximum atomic E-state index is 13.0. The number of amides is 1. The molecule has 140 valence electrons. The summed E-state index contributed by atoms with van der Waals surface area (Å²) in [5, 5.41) is 4.37. The second-order valence-electron chi connectivity index (χ2n) is 7.31. The summed E-state index contributed by atoms with van der Waals surface area (Å²) in [5.41, 5.74) is 2.21. The highest BCUT2D eigenvalue weighted by atomic mass is 35.5. The minimum atomic E-state index is 0. The number of halogens is 2. The van der Waals surface area contributed by atoms with Crippen LogP contribution in [0.4, 0.5) is 0 Å². The number of nitrogens with one attached hydrogen (secondary N) is 1. The summed E-state index contributed by atoms with van der Waals surface area (Å²) in [6, 6.07) is 11.4. The first kappa shape index (κ1) is 19.7. The Morgan fingerprint density at radius 1 is 1.23 bits per heavy atom. The molecule has 0 spiro atoms. The third kappa shape index (κ3) is 3.79. The number of piperidine rings is 1. The van der Waals surface area contributed by atoms with E-state index in [1.165, 1.54) is 12.8 Å². The van der Waals surface area contributed by atoms with E-state index in [-0.39, 0.29) is 18.3 Å². The maximum Gasteiger partial charge on any atom is 0.263 e. The summed E-state index contributed by atoms with van der Waals surface area (Å²) in [5.74, 6) is 0.146. The molecular formula is C20H24Cl2N2OS. The molecule has 2 aromatic rings. The van der Waals surface area contributed by atoms with Gasteiger partial charge in [-0.3, -0.25) is 4.79 Å². The van der Waals surface area contributed by atoms with Crippen molar-refractivity contribution in [2.75, 3.05) is 7.05 Å². The number of benzene rings is 1. The van der Waals surface area contributed by atoms with Gasteiger partial charge in [-0.25, -0.2) is 0 Å². The van der Waals surface area contributed by atoms with Crippen LogP contribution in [0.15, 0.2) is 30.3 Å². The number of fused-ring (bicyclic) bond motifs is 2. The highest BCUT2D eigenvalue weighted by molar-refractivity contribution is 7.17. The molecule has 0 saturated carbocycles. The van der Waals surface area contributed by atoms with Gasteiger partial charge in [0.15, 0.2) is 0 Å². The number of carbonyl (C=O) groups is 1. The van der Waals surface area contributed by atoms with Gasteiger partial charge in [0, 0.05) is 35.1 Å². The van der Waals surface area contributed by atoms with E-state index in [1.54, 1.807) is 11.3 Å². The molecule has 2 atom stereocenters. The van der Waals surface area contributed by atoms with E-state index in [0.717, 1.165) is 38.7 Å². The van der Waals surface area contributed by atoms with Gasteiger partial charge in [-0.05, 0) is 61.9 Å². The number of hydrogen-bond acceptors (Lipinski definition) is 3. The van der Waals surface area contributed by atoms with Crippen LogP contribution < -0.4 is 5.32 Å². The average Bonchev–Trinajstić information content (AvgIpc) is 3.15. The number of hydrogen-bond donors (Lipinski definition) is 1. The van der Waals surface area contributed by atoms with Crippen molar-refractivity contribution in [2.24, 2.45) is 0 Å². The topological polar surface area (TPSA) is 32.3 Å². The number of nitrogens with zero attached hydrogens (tertiary/aromatic N) is 1. The molecule has 3 nitrogen and oxygen atoms in total. The lowest BCUT2D eigenvalue weighted by molar-refractivity contribution is 0.0686. The van der Waals surface area contributed by atoms with Gasteiger partial charge in [0.05, 0.1) is 4.88 Å². The molecule has 26 heavy (non-hydrogen) atoms. The second kappa shape index (κ2) is 7.89. The third-order valence-electron chi connectivity index (χ3n) is 5.53. The first-order chi connectivity index (χ1) is 12.0.